The van der Waals surface area contributed by atoms with Crippen molar-refractivity contribution < 1.29 is 42.1 Å². The fraction of sp³-hybridized carbons (Fsp3) is 0.805. The third-order valence-corrected chi connectivity index (χ3v) is 18.4. The van der Waals surface area contributed by atoms with Gasteiger partial charge in [-0.1, -0.05) is 356 Å². The Kier molecular flexibility index (Phi) is 70.2. The summed E-state index contributed by atoms with van der Waals surface area (Å²) >= 11 is 0. The molecule has 0 aliphatic carbocycles. The van der Waals surface area contributed by atoms with Gasteiger partial charge in [0.25, 0.3) is 7.82 Å². The Morgan fingerprint density at radius 1 is 0.348 bits per heavy atom. The van der Waals surface area contributed by atoms with E-state index >= 15 is 0 Å². The molecule has 9 nitrogen and oxygen atoms in total. The monoisotopic (exact) mass is 1310 g/mol. The van der Waals surface area contributed by atoms with Crippen LogP contribution in [0.3, 0.4) is 0 Å². The highest BCUT2D eigenvalue weighted by molar-refractivity contribution is 7.45. The molecule has 10 heteroatoms. The predicted molar refractivity (Wildman–Crippen MR) is 397 cm³/mol. The number of phosphoric acid groups is 1. The van der Waals surface area contributed by atoms with Gasteiger partial charge in [-0.05, 0) is 89.9 Å². The summed E-state index contributed by atoms with van der Waals surface area (Å²) in [6.07, 6.45) is 99.9. The SMILES string of the molecule is CC/C=C\C/C=C\C/C=C\C/C=C\C/C=C\C/C=C\CCCCCCCCCCCCC(=O)OC(COC(=O)CCCCCCCCCCCCCCCCCCCCCCCCCCCCC/C=C\CCCCCCCCCC)COP(=O)([O-])OCC[N+](C)(C)C. The summed E-state index contributed by atoms with van der Waals surface area (Å²) in [5.41, 5.74) is 0. The molecule has 0 heterocycles. The average Bonchev–Trinajstić information content (AvgIpc) is 2.14. The van der Waals surface area contributed by atoms with E-state index < -0.39 is 26.5 Å². The Bertz CT molecular complexity index is 1830. The third kappa shape index (κ3) is 76.2. The van der Waals surface area contributed by atoms with E-state index in [1.807, 2.05) is 21.1 Å². The minimum absolute atomic E-state index is 0.0331. The lowest BCUT2D eigenvalue weighted by molar-refractivity contribution is -0.870. The molecule has 0 saturated heterocycles. The minimum atomic E-state index is -4.65. The zero-order valence-electron chi connectivity index (χ0n) is 61.2. The van der Waals surface area contributed by atoms with Crippen molar-refractivity contribution in [2.24, 2.45) is 0 Å². The van der Waals surface area contributed by atoms with E-state index in [9.17, 15) is 19.0 Å². The van der Waals surface area contributed by atoms with Crippen LogP contribution in [0.25, 0.3) is 0 Å². The van der Waals surface area contributed by atoms with Crippen molar-refractivity contribution in [1.82, 2.24) is 0 Å². The van der Waals surface area contributed by atoms with Gasteiger partial charge in [-0.3, -0.25) is 14.2 Å². The number of hydrogen-bond donors (Lipinski definition) is 0. The number of phosphoric ester groups is 1. The van der Waals surface area contributed by atoms with Crippen molar-refractivity contribution >= 4 is 19.8 Å². The topological polar surface area (TPSA) is 111 Å². The molecule has 0 aliphatic rings. The number of nitrogens with zero attached hydrogens (tertiary/aromatic N) is 1. The summed E-state index contributed by atoms with van der Waals surface area (Å²) in [5.74, 6) is -0.825. The molecular weight excluding hydrogens is 1160 g/mol. The quantitative estimate of drug-likeness (QED) is 0.0195. The Hall–Kier alpha value is -2.81. The van der Waals surface area contributed by atoms with Crippen LogP contribution < -0.4 is 4.89 Å². The van der Waals surface area contributed by atoms with Crippen molar-refractivity contribution in [2.45, 2.75) is 380 Å². The van der Waals surface area contributed by atoms with Crippen LogP contribution in [0.15, 0.2) is 85.1 Å². The van der Waals surface area contributed by atoms with Gasteiger partial charge < -0.3 is 27.9 Å². The summed E-state index contributed by atoms with van der Waals surface area (Å²) in [7, 11) is 1.17. The molecule has 0 amide bonds. The van der Waals surface area contributed by atoms with Crippen molar-refractivity contribution in [3.05, 3.63) is 85.1 Å². The van der Waals surface area contributed by atoms with E-state index in [1.54, 1.807) is 0 Å². The number of esters is 2. The molecule has 92 heavy (non-hydrogen) atoms. The van der Waals surface area contributed by atoms with Gasteiger partial charge in [-0.2, -0.15) is 0 Å². The predicted octanol–water partition coefficient (Wildman–Crippen LogP) is 25.4. The first-order valence-corrected chi connectivity index (χ1v) is 40.8. The van der Waals surface area contributed by atoms with E-state index in [2.05, 4.69) is 98.9 Å². The number of hydrogen-bond acceptors (Lipinski definition) is 8. The summed E-state index contributed by atoms with van der Waals surface area (Å²) in [6.45, 7) is 4.17. The number of likely N-dealkylation sites (N-methyl/N-ethyl adjacent to an activating group) is 1. The highest BCUT2D eigenvalue weighted by Gasteiger charge is 2.22. The van der Waals surface area contributed by atoms with E-state index in [0.29, 0.717) is 17.4 Å². The molecule has 0 N–H and O–H groups in total. The van der Waals surface area contributed by atoms with Gasteiger partial charge in [0, 0.05) is 12.8 Å². The Labute approximate surface area is 571 Å². The third-order valence-electron chi connectivity index (χ3n) is 17.4. The van der Waals surface area contributed by atoms with Crippen LogP contribution >= 0.6 is 7.82 Å². The lowest BCUT2D eigenvalue weighted by Gasteiger charge is -2.28. The Balaban J connectivity index is 3.94. The van der Waals surface area contributed by atoms with Gasteiger partial charge in [0.2, 0.25) is 0 Å². The maximum atomic E-state index is 12.9. The zero-order valence-corrected chi connectivity index (χ0v) is 62.1. The summed E-state index contributed by atoms with van der Waals surface area (Å²) < 4.78 is 34.4. The Morgan fingerprint density at radius 3 is 0.935 bits per heavy atom. The van der Waals surface area contributed by atoms with E-state index in [1.165, 1.54) is 257 Å². The number of quaternary nitrogens is 1. The van der Waals surface area contributed by atoms with Gasteiger partial charge in [0.1, 0.15) is 19.8 Å². The van der Waals surface area contributed by atoms with Crippen molar-refractivity contribution in [1.29, 1.82) is 0 Å². The number of ether oxygens (including phenoxy) is 2. The number of allylic oxidation sites excluding steroid dienone is 14. The van der Waals surface area contributed by atoms with E-state index in [-0.39, 0.29) is 32.0 Å². The normalized spacial score (nSPS) is 13.5. The molecule has 0 spiro atoms. The molecule has 0 aromatic rings. The molecule has 0 radical (unpaired) electrons. The van der Waals surface area contributed by atoms with E-state index in [4.69, 9.17) is 18.5 Å². The molecule has 0 aromatic carbocycles. The van der Waals surface area contributed by atoms with E-state index in [0.717, 1.165) is 83.5 Å². The average molecular weight is 1310 g/mol. The van der Waals surface area contributed by atoms with Crippen LogP contribution in [0.4, 0.5) is 0 Å². The van der Waals surface area contributed by atoms with Crippen LogP contribution in [0, 0.1) is 0 Å². The molecule has 2 unspecified atom stereocenters. The summed E-state index contributed by atoms with van der Waals surface area (Å²) in [6, 6.07) is 0. The second-order valence-electron chi connectivity index (χ2n) is 27.7. The van der Waals surface area contributed by atoms with Gasteiger partial charge >= 0.3 is 11.9 Å². The van der Waals surface area contributed by atoms with Crippen LogP contribution in [0.2, 0.25) is 0 Å². The maximum absolute atomic E-state index is 12.9. The fourth-order valence-corrected chi connectivity index (χ4v) is 12.2. The molecule has 2 atom stereocenters. The zero-order chi connectivity index (χ0) is 66.9. The Morgan fingerprint density at radius 2 is 0.620 bits per heavy atom. The number of rotatable bonds is 73. The molecule has 0 rings (SSSR count). The van der Waals surface area contributed by atoms with Crippen molar-refractivity contribution in [3.63, 3.8) is 0 Å². The highest BCUT2D eigenvalue weighted by atomic mass is 31.2. The fourth-order valence-electron chi connectivity index (χ4n) is 11.4. The second kappa shape index (κ2) is 72.5. The molecule has 0 aliphatic heterocycles. The van der Waals surface area contributed by atoms with Crippen molar-refractivity contribution in [3.8, 4) is 0 Å². The smallest absolute Gasteiger partial charge is 0.306 e. The first kappa shape index (κ1) is 89.2. The van der Waals surface area contributed by atoms with Gasteiger partial charge in [0.15, 0.2) is 6.10 Å². The molecule has 0 aromatic heterocycles. The molecule has 0 bridgehead atoms. The molecule has 0 fully saturated rings. The van der Waals surface area contributed by atoms with Crippen LogP contribution in [0.5, 0.6) is 0 Å². The number of carbonyl (C=O) groups excluding carboxylic acids is 2. The molecule has 536 valence electrons. The minimum Gasteiger partial charge on any atom is -0.756 e. The van der Waals surface area contributed by atoms with Crippen LogP contribution in [-0.4, -0.2) is 70.0 Å². The van der Waals surface area contributed by atoms with Gasteiger partial charge in [-0.25, -0.2) is 0 Å². The highest BCUT2D eigenvalue weighted by Crippen LogP contribution is 2.38. The van der Waals surface area contributed by atoms with Crippen LogP contribution in [0.1, 0.15) is 373 Å². The molecular formula is C82H150NO8P. The van der Waals surface area contributed by atoms with Gasteiger partial charge in [0.05, 0.1) is 27.7 Å². The lowest BCUT2D eigenvalue weighted by atomic mass is 10.0. The first-order chi connectivity index (χ1) is 45.0. The largest absolute Gasteiger partial charge is 0.756 e. The summed E-state index contributed by atoms with van der Waals surface area (Å²) in [4.78, 5) is 38.1. The van der Waals surface area contributed by atoms with Crippen molar-refractivity contribution in [2.75, 3.05) is 47.5 Å². The van der Waals surface area contributed by atoms with Crippen LogP contribution in [-0.2, 0) is 32.7 Å². The lowest BCUT2D eigenvalue weighted by Crippen LogP contribution is -2.37. The van der Waals surface area contributed by atoms with Gasteiger partial charge in [-0.15, -0.1) is 0 Å². The first-order valence-electron chi connectivity index (χ1n) is 39.3. The second-order valence-corrected chi connectivity index (χ2v) is 29.1. The summed E-state index contributed by atoms with van der Waals surface area (Å²) in [5, 5.41) is 0. The molecule has 0 saturated carbocycles. The number of unbranched alkanes of at least 4 members (excludes halogenated alkanes) is 45. The standard InChI is InChI=1S/C82H150NO8P/c1-6-8-10-12-14-16-18-20-22-24-26-28-30-32-34-36-37-38-39-40-41-42-43-44-45-47-48-50-52-54-56-58-60-62-64-66-68-70-72-74-81(84)88-78-80(79-90-92(86,87)89-77-76-83(3,4)5)91-82(85)75-73-71-69-67-65-63-61-59-57-55-53-51-49-46-35-33-31-29-27-25-23-21-19-17-15-13-11-9-7-2/h9,11,15,17,21,23-24,26-27,29,33,35,49,51,80H,6-8,10,12-14,16,18-20,22,25,28,30-32,34,36-48,50,52-79H2,1-5H3/b11-9-,17-15-,23-21-,26-24-,29-27-,35-33-,51-49-. The maximum Gasteiger partial charge on any atom is 0.306 e. The number of carbonyl (C=O) groups is 2.